The van der Waals surface area contributed by atoms with E-state index in [0.717, 1.165) is 6.34 Å². The molecule has 0 aliphatic carbocycles. The minimum atomic E-state index is -3.45. The summed E-state index contributed by atoms with van der Waals surface area (Å²) in [5.41, 5.74) is 5.63. The van der Waals surface area contributed by atoms with Crippen LogP contribution in [0.25, 0.3) is 0 Å². The predicted octanol–water partition coefficient (Wildman–Crippen LogP) is 0.632. The lowest BCUT2D eigenvalue weighted by molar-refractivity contribution is 0.588. The Labute approximate surface area is 100 Å². The third kappa shape index (κ3) is 3.65. The van der Waals surface area contributed by atoms with Gasteiger partial charge in [0.2, 0.25) is 10.0 Å². The van der Waals surface area contributed by atoms with E-state index < -0.39 is 10.0 Å². The molecule has 17 heavy (non-hydrogen) atoms. The van der Waals surface area contributed by atoms with Gasteiger partial charge in [-0.2, -0.15) is 0 Å². The number of rotatable bonds is 3. The topological polar surface area (TPSA) is 96.9 Å². The van der Waals surface area contributed by atoms with Crippen molar-refractivity contribution >= 4 is 27.9 Å². The van der Waals surface area contributed by atoms with Gasteiger partial charge in [-0.05, 0) is 32.2 Å². The number of benzene rings is 1. The normalized spacial score (nSPS) is 13.2. The predicted molar refractivity (Wildman–Crippen MR) is 68.1 cm³/mol. The number of sulfonamides is 1. The fraction of sp³-hybridized carbons (Fsp3) is 0.200. The summed E-state index contributed by atoms with van der Waals surface area (Å²) < 4.78 is 25.3. The highest BCUT2D eigenvalue weighted by molar-refractivity contribution is 7.89. The summed E-state index contributed by atoms with van der Waals surface area (Å²) >= 11 is 0. The van der Waals surface area contributed by atoms with Crippen LogP contribution < -0.4 is 10.5 Å². The molecule has 0 bridgehead atoms. The first kappa shape index (κ1) is 13.3. The molecule has 92 valence electrons. The van der Waals surface area contributed by atoms with Crippen molar-refractivity contribution in [3.8, 4) is 0 Å². The Morgan fingerprint density at radius 3 is 2.76 bits per heavy atom. The SMILES string of the molecule is CNS(=O)(=O)c1cccc(N=C(C)N=CN)c1. The van der Waals surface area contributed by atoms with Gasteiger partial charge in [0.15, 0.2) is 0 Å². The van der Waals surface area contributed by atoms with Crippen LogP contribution in [0.15, 0.2) is 39.1 Å². The van der Waals surface area contributed by atoms with Crippen molar-refractivity contribution in [3.05, 3.63) is 24.3 Å². The van der Waals surface area contributed by atoms with Crippen molar-refractivity contribution < 1.29 is 8.42 Å². The first-order chi connectivity index (χ1) is 7.99. The molecule has 0 aliphatic heterocycles. The summed E-state index contributed by atoms with van der Waals surface area (Å²) in [5.74, 6) is 0.450. The number of aliphatic imine (C=N–C) groups is 2. The number of nitrogens with zero attached hydrogens (tertiary/aromatic N) is 2. The minimum Gasteiger partial charge on any atom is -0.390 e. The van der Waals surface area contributed by atoms with E-state index in [1.807, 2.05) is 0 Å². The van der Waals surface area contributed by atoms with Gasteiger partial charge in [-0.25, -0.2) is 23.1 Å². The highest BCUT2D eigenvalue weighted by Gasteiger charge is 2.10. The second-order valence-electron chi connectivity index (χ2n) is 3.14. The molecular weight excluding hydrogens is 240 g/mol. The van der Waals surface area contributed by atoms with Gasteiger partial charge in [-0.1, -0.05) is 6.07 Å². The lowest BCUT2D eigenvalue weighted by Crippen LogP contribution is -2.18. The van der Waals surface area contributed by atoms with Gasteiger partial charge in [-0.15, -0.1) is 0 Å². The van der Waals surface area contributed by atoms with Crippen molar-refractivity contribution in [2.24, 2.45) is 15.7 Å². The molecule has 0 radical (unpaired) electrons. The fourth-order valence-electron chi connectivity index (χ4n) is 1.16. The van der Waals surface area contributed by atoms with Crippen molar-refractivity contribution in [1.82, 2.24) is 4.72 Å². The zero-order chi connectivity index (χ0) is 12.9. The summed E-state index contributed by atoms with van der Waals surface area (Å²) in [7, 11) is -2.09. The largest absolute Gasteiger partial charge is 0.390 e. The molecule has 0 atom stereocenters. The average Bonchev–Trinajstić information content (AvgIpc) is 2.29. The first-order valence-corrected chi connectivity index (χ1v) is 6.31. The summed E-state index contributed by atoms with van der Waals surface area (Å²) in [6, 6.07) is 6.25. The molecule has 0 aromatic heterocycles. The van der Waals surface area contributed by atoms with Crippen molar-refractivity contribution in [2.75, 3.05) is 7.05 Å². The smallest absolute Gasteiger partial charge is 0.240 e. The van der Waals surface area contributed by atoms with Crippen LogP contribution in [0.4, 0.5) is 5.69 Å². The van der Waals surface area contributed by atoms with Gasteiger partial charge in [0, 0.05) is 0 Å². The van der Waals surface area contributed by atoms with Crippen LogP contribution in [0.3, 0.4) is 0 Å². The first-order valence-electron chi connectivity index (χ1n) is 4.83. The van der Waals surface area contributed by atoms with E-state index in [1.54, 1.807) is 19.1 Å². The van der Waals surface area contributed by atoms with Crippen LogP contribution in [0.2, 0.25) is 0 Å². The van der Waals surface area contributed by atoms with E-state index in [0.29, 0.717) is 11.5 Å². The standard InChI is InChI=1S/C10H14N4O2S/c1-8(13-7-11)14-9-4-3-5-10(6-9)17(15,16)12-2/h3-7,12H,1-2H3,(H2,11,13,14). The van der Waals surface area contributed by atoms with Crippen LogP contribution in [0, 0.1) is 0 Å². The van der Waals surface area contributed by atoms with Gasteiger partial charge < -0.3 is 5.73 Å². The molecule has 6 nitrogen and oxygen atoms in total. The Hall–Kier alpha value is -1.73. The Bertz CT molecular complexity index is 549. The summed E-state index contributed by atoms with van der Waals surface area (Å²) in [6.45, 7) is 1.67. The maximum Gasteiger partial charge on any atom is 0.240 e. The number of hydrogen-bond donors (Lipinski definition) is 2. The average molecular weight is 254 g/mol. The number of nitrogens with one attached hydrogen (secondary N) is 1. The molecular formula is C10H14N4O2S. The van der Waals surface area contributed by atoms with Crippen molar-refractivity contribution in [2.45, 2.75) is 11.8 Å². The molecule has 1 aromatic carbocycles. The van der Waals surface area contributed by atoms with Crippen LogP contribution >= 0.6 is 0 Å². The number of nitrogens with two attached hydrogens (primary N) is 1. The van der Waals surface area contributed by atoms with Crippen LogP contribution in [-0.2, 0) is 10.0 Å². The summed E-state index contributed by atoms with van der Waals surface area (Å²) in [5, 5.41) is 0. The summed E-state index contributed by atoms with van der Waals surface area (Å²) in [4.78, 5) is 8.03. The van der Waals surface area contributed by atoms with E-state index >= 15 is 0 Å². The highest BCUT2D eigenvalue weighted by atomic mass is 32.2. The maximum atomic E-state index is 11.6. The molecule has 0 spiro atoms. The van der Waals surface area contributed by atoms with Crippen LogP contribution in [0.1, 0.15) is 6.92 Å². The zero-order valence-corrected chi connectivity index (χ0v) is 10.4. The van der Waals surface area contributed by atoms with Gasteiger partial charge in [0.1, 0.15) is 5.84 Å². The fourth-order valence-corrected chi connectivity index (χ4v) is 1.93. The van der Waals surface area contributed by atoms with E-state index in [1.165, 1.54) is 19.2 Å². The van der Waals surface area contributed by atoms with E-state index in [-0.39, 0.29) is 4.90 Å². The van der Waals surface area contributed by atoms with Gasteiger partial charge in [0.05, 0.1) is 16.9 Å². The molecule has 3 N–H and O–H groups in total. The molecule has 1 aromatic rings. The molecule has 7 heteroatoms. The van der Waals surface area contributed by atoms with Gasteiger partial charge in [0.25, 0.3) is 0 Å². The van der Waals surface area contributed by atoms with E-state index in [4.69, 9.17) is 5.73 Å². The van der Waals surface area contributed by atoms with E-state index in [2.05, 4.69) is 14.7 Å². The molecule has 0 amide bonds. The van der Waals surface area contributed by atoms with Crippen molar-refractivity contribution in [3.63, 3.8) is 0 Å². The lowest BCUT2D eigenvalue weighted by atomic mass is 10.3. The third-order valence-electron chi connectivity index (χ3n) is 1.95. The Kier molecular flexibility index (Phi) is 4.36. The van der Waals surface area contributed by atoms with Crippen LogP contribution in [0.5, 0.6) is 0 Å². The number of hydrogen-bond acceptors (Lipinski definition) is 3. The van der Waals surface area contributed by atoms with Gasteiger partial charge >= 0.3 is 0 Å². The highest BCUT2D eigenvalue weighted by Crippen LogP contribution is 2.18. The molecule has 0 saturated carbocycles. The molecule has 0 fully saturated rings. The minimum absolute atomic E-state index is 0.158. The Morgan fingerprint density at radius 1 is 1.47 bits per heavy atom. The zero-order valence-electron chi connectivity index (χ0n) is 9.58. The van der Waals surface area contributed by atoms with Crippen molar-refractivity contribution in [1.29, 1.82) is 0 Å². The molecule has 0 aliphatic rings. The molecule has 0 unspecified atom stereocenters. The third-order valence-corrected chi connectivity index (χ3v) is 3.36. The lowest BCUT2D eigenvalue weighted by Gasteiger charge is -2.03. The Balaban J connectivity index is 3.15. The molecule has 0 saturated heterocycles. The van der Waals surface area contributed by atoms with Crippen LogP contribution in [-0.4, -0.2) is 27.6 Å². The Morgan fingerprint density at radius 2 is 2.18 bits per heavy atom. The van der Waals surface area contributed by atoms with E-state index in [9.17, 15) is 8.42 Å². The van der Waals surface area contributed by atoms with Gasteiger partial charge in [-0.3, -0.25) is 0 Å². The summed E-state index contributed by atoms with van der Waals surface area (Å²) in [6.07, 6.45) is 1.13. The molecule has 1 rings (SSSR count). The second-order valence-corrected chi connectivity index (χ2v) is 5.03. The number of amidine groups is 1. The quantitative estimate of drug-likeness (QED) is 0.611. The molecule has 0 heterocycles. The second kappa shape index (κ2) is 5.55. The monoisotopic (exact) mass is 254 g/mol. The maximum absolute atomic E-state index is 11.6.